The quantitative estimate of drug-likeness (QED) is 0.742. The Kier molecular flexibility index (Phi) is 3.19. The van der Waals surface area contributed by atoms with Gasteiger partial charge >= 0.3 is 0 Å². The molecule has 3 nitrogen and oxygen atoms in total. The first-order valence-corrected chi connectivity index (χ1v) is 5.98. The van der Waals surface area contributed by atoms with Gasteiger partial charge in [0.25, 0.3) is 0 Å². The molecule has 1 aliphatic rings. The van der Waals surface area contributed by atoms with Gasteiger partial charge in [0.05, 0.1) is 16.8 Å². The lowest BCUT2D eigenvalue weighted by molar-refractivity contribution is 0.212. The monoisotopic (exact) mass is 224 g/mol. The van der Waals surface area contributed by atoms with Gasteiger partial charge in [0.15, 0.2) is 0 Å². The van der Waals surface area contributed by atoms with Gasteiger partial charge in [0.2, 0.25) is 0 Å². The van der Waals surface area contributed by atoms with E-state index in [0.717, 1.165) is 23.7 Å². The summed E-state index contributed by atoms with van der Waals surface area (Å²) in [6.45, 7) is 5.67. The summed E-state index contributed by atoms with van der Waals surface area (Å²) in [7, 11) is 0. The zero-order valence-electron chi connectivity index (χ0n) is 9.08. The molecule has 2 rings (SSSR count). The Morgan fingerprint density at radius 3 is 3.00 bits per heavy atom. The zero-order chi connectivity index (χ0) is 10.8. The molecule has 0 amide bonds. The molecule has 0 radical (unpaired) electrons. The third-order valence-corrected chi connectivity index (χ3v) is 3.46. The predicted molar refractivity (Wildman–Crippen MR) is 62.3 cm³/mol. The lowest BCUT2D eigenvalue weighted by Gasteiger charge is -2.18. The average molecular weight is 224 g/mol. The molecule has 1 unspecified atom stereocenters. The number of nitrogens with zero attached hydrogens (tertiary/aromatic N) is 1. The molecule has 2 N–H and O–H groups in total. The van der Waals surface area contributed by atoms with Crippen LogP contribution in [0.2, 0.25) is 0 Å². The van der Waals surface area contributed by atoms with Gasteiger partial charge in [-0.05, 0) is 13.8 Å². The van der Waals surface area contributed by atoms with E-state index < -0.39 is 0 Å². The molecule has 0 fully saturated rings. The molecule has 1 atom stereocenters. The second-order valence-corrected chi connectivity index (χ2v) is 5.34. The number of β-amino-alcohol motifs (C(OH)–C–C–N with tert-alkyl or cyclic N) is 1. The lowest BCUT2D eigenvalue weighted by atomic mass is 10.0. The molecule has 0 aliphatic carbocycles. The maximum absolute atomic E-state index is 9.48. The molecule has 15 heavy (non-hydrogen) atoms. The number of thiazole rings is 1. The topological polar surface area (TPSA) is 45.2 Å². The number of hydrogen-bond donors (Lipinski definition) is 2. The summed E-state index contributed by atoms with van der Waals surface area (Å²) in [6.07, 6.45) is 2.47. The third kappa shape index (κ3) is 2.65. The number of aryl methyl sites for hydroxylation is 2. The Balaban J connectivity index is 2.11. The van der Waals surface area contributed by atoms with E-state index in [-0.39, 0.29) is 6.10 Å². The predicted octanol–water partition coefficient (Wildman–Crippen LogP) is 1.19. The minimum Gasteiger partial charge on any atom is -0.388 e. The van der Waals surface area contributed by atoms with E-state index in [9.17, 15) is 5.11 Å². The summed E-state index contributed by atoms with van der Waals surface area (Å²) in [5, 5.41) is 13.8. The number of aliphatic hydroxyl groups excluding tert-OH is 1. The molecule has 0 saturated carbocycles. The molecular weight excluding hydrogens is 208 g/mol. The Morgan fingerprint density at radius 2 is 2.40 bits per heavy atom. The fourth-order valence-electron chi connectivity index (χ4n) is 1.84. The van der Waals surface area contributed by atoms with Crippen molar-refractivity contribution in [2.45, 2.75) is 26.4 Å². The van der Waals surface area contributed by atoms with Crippen molar-refractivity contribution in [1.29, 1.82) is 0 Å². The van der Waals surface area contributed by atoms with Crippen LogP contribution < -0.4 is 5.32 Å². The summed E-state index contributed by atoms with van der Waals surface area (Å²) in [6, 6.07) is 0. The minimum atomic E-state index is -0.339. The van der Waals surface area contributed by atoms with Gasteiger partial charge in [-0.1, -0.05) is 11.6 Å². The van der Waals surface area contributed by atoms with Crippen LogP contribution in [0.1, 0.15) is 15.6 Å². The van der Waals surface area contributed by atoms with Gasteiger partial charge < -0.3 is 10.4 Å². The highest BCUT2D eigenvalue weighted by Gasteiger charge is 2.13. The smallest absolute Gasteiger partial charge is 0.0900 e. The summed E-state index contributed by atoms with van der Waals surface area (Å²) >= 11 is 1.74. The molecule has 82 valence electrons. The Morgan fingerprint density at radius 1 is 1.60 bits per heavy atom. The van der Waals surface area contributed by atoms with Gasteiger partial charge in [-0.3, -0.25) is 0 Å². The average Bonchev–Trinajstić information content (AvgIpc) is 2.45. The maximum atomic E-state index is 9.48. The fourth-order valence-corrected chi connectivity index (χ4v) is 2.68. The van der Waals surface area contributed by atoms with Crippen LogP contribution in [-0.2, 0) is 6.42 Å². The highest BCUT2D eigenvalue weighted by Crippen LogP contribution is 2.19. The molecule has 0 bridgehead atoms. The Hall–Kier alpha value is -0.710. The van der Waals surface area contributed by atoms with Crippen LogP contribution in [0.5, 0.6) is 0 Å². The fraction of sp³-hybridized carbons (Fsp3) is 0.545. The number of rotatable bonds is 2. The van der Waals surface area contributed by atoms with E-state index in [4.69, 9.17) is 0 Å². The van der Waals surface area contributed by atoms with Gasteiger partial charge in [-0.25, -0.2) is 4.98 Å². The van der Waals surface area contributed by atoms with Crippen molar-refractivity contribution in [3.63, 3.8) is 0 Å². The first-order chi connectivity index (χ1) is 7.15. The highest BCUT2D eigenvalue weighted by molar-refractivity contribution is 7.11. The van der Waals surface area contributed by atoms with Crippen LogP contribution in [0.3, 0.4) is 0 Å². The number of aliphatic hydroxyl groups is 1. The largest absolute Gasteiger partial charge is 0.388 e. The van der Waals surface area contributed by atoms with Gasteiger partial charge in [0.1, 0.15) is 0 Å². The van der Waals surface area contributed by atoms with Crippen LogP contribution in [0.4, 0.5) is 0 Å². The van der Waals surface area contributed by atoms with E-state index >= 15 is 0 Å². The first kappa shape index (κ1) is 10.8. The van der Waals surface area contributed by atoms with Crippen LogP contribution >= 0.6 is 11.3 Å². The zero-order valence-corrected chi connectivity index (χ0v) is 9.90. The molecule has 2 heterocycles. The molecule has 0 aromatic carbocycles. The van der Waals surface area contributed by atoms with Crippen molar-refractivity contribution < 1.29 is 5.11 Å². The third-order valence-electron chi connectivity index (χ3n) is 2.53. The van der Waals surface area contributed by atoms with E-state index in [1.54, 1.807) is 11.3 Å². The summed E-state index contributed by atoms with van der Waals surface area (Å²) in [5.41, 5.74) is 2.39. The van der Waals surface area contributed by atoms with Crippen LogP contribution in [0.15, 0.2) is 11.6 Å². The van der Waals surface area contributed by atoms with Crippen molar-refractivity contribution in [1.82, 2.24) is 10.3 Å². The van der Waals surface area contributed by atoms with Crippen molar-refractivity contribution in [2.75, 3.05) is 13.1 Å². The summed E-state index contributed by atoms with van der Waals surface area (Å²) < 4.78 is 0. The standard InChI is InChI=1S/C11H16N2OS/c1-7-11(13-8(2)15-7)4-9-3-10(14)6-12-5-9/h3,10,12,14H,4-6H2,1-2H3. The summed E-state index contributed by atoms with van der Waals surface area (Å²) in [5.74, 6) is 0. The maximum Gasteiger partial charge on any atom is 0.0900 e. The Labute approximate surface area is 93.9 Å². The van der Waals surface area contributed by atoms with Gasteiger partial charge in [-0.15, -0.1) is 11.3 Å². The second kappa shape index (κ2) is 4.43. The minimum absolute atomic E-state index is 0.339. The van der Waals surface area contributed by atoms with Crippen LogP contribution in [0.25, 0.3) is 0 Å². The SMILES string of the molecule is Cc1nc(CC2=CC(O)CNC2)c(C)s1. The number of nitrogens with one attached hydrogen (secondary N) is 1. The lowest BCUT2D eigenvalue weighted by Crippen LogP contribution is -2.32. The second-order valence-electron chi connectivity index (χ2n) is 3.94. The van der Waals surface area contributed by atoms with Crippen LogP contribution in [-0.4, -0.2) is 29.3 Å². The first-order valence-electron chi connectivity index (χ1n) is 5.16. The summed E-state index contributed by atoms with van der Waals surface area (Å²) in [4.78, 5) is 5.78. The number of aromatic nitrogens is 1. The van der Waals surface area contributed by atoms with Crippen molar-refractivity contribution in [3.05, 3.63) is 27.2 Å². The molecule has 0 spiro atoms. The van der Waals surface area contributed by atoms with Crippen LogP contribution in [0, 0.1) is 13.8 Å². The normalized spacial score (nSPS) is 21.5. The molecule has 4 heteroatoms. The van der Waals surface area contributed by atoms with E-state index in [1.807, 2.05) is 13.0 Å². The molecule has 1 aliphatic heterocycles. The van der Waals surface area contributed by atoms with E-state index in [2.05, 4.69) is 17.2 Å². The van der Waals surface area contributed by atoms with E-state index in [0.29, 0.717) is 6.54 Å². The van der Waals surface area contributed by atoms with Crippen molar-refractivity contribution >= 4 is 11.3 Å². The molecule has 0 saturated heterocycles. The number of hydrogen-bond acceptors (Lipinski definition) is 4. The highest BCUT2D eigenvalue weighted by atomic mass is 32.1. The molecule has 1 aromatic rings. The van der Waals surface area contributed by atoms with Crippen molar-refractivity contribution in [3.8, 4) is 0 Å². The van der Waals surface area contributed by atoms with Crippen molar-refractivity contribution in [2.24, 2.45) is 0 Å². The van der Waals surface area contributed by atoms with Gasteiger partial charge in [0, 0.05) is 24.4 Å². The molecular formula is C11H16N2OS. The molecule has 1 aromatic heterocycles. The van der Waals surface area contributed by atoms with Gasteiger partial charge in [-0.2, -0.15) is 0 Å². The van der Waals surface area contributed by atoms with E-state index in [1.165, 1.54) is 10.5 Å². The Bertz CT molecular complexity index is 384.